The molecular weight excluding hydrogens is 388 g/mol. The van der Waals surface area contributed by atoms with Crippen LogP contribution in [0, 0.1) is 6.92 Å². The molecule has 3 aromatic rings. The number of benzene rings is 1. The molecule has 2 aromatic heterocycles. The molecule has 0 radical (unpaired) electrons. The maximum Gasteiger partial charge on any atom is 0.416 e. The summed E-state index contributed by atoms with van der Waals surface area (Å²) in [5.41, 5.74) is 1.91. The van der Waals surface area contributed by atoms with Crippen LogP contribution in [0.15, 0.2) is 40.9 Å². The molecule has 0 aliphatic carbocycles. The third kappa shape index (κ3) is 3.81. The summed E-state index contributed by atoms with van der Waals surface area (Å²) in [7, 11) is 0. The predicted molar refractivity (Wildman–Crippen MR) is 108 cm³/mol. The highest BCUT2D eigenvalue weighted by Gasteiger charge is 2.38. The zero-order valence-corrected chi connectivity index (χ0v) is 16.8. The summed E-state index contributed by atoms with van der Waals surface area (Å²) < 4.78 is 10.9. The Hall–Kier alpha value is -3.53. The number of nitrogens with zero attached hydrogens (tertiary/aromatic N) is 5. The first-order chi connectivity index (χ1) is 14.4. The van der Waals surface area contributed by atoms with Gasteiger partial charge in [-0.05, 0) is 38.5 Å². The van der Waals surface area contributed by atoms with E-state index in [1.54, 1.807) is 13.0 Å². The molecule has 3 atom stereocenters. The lowest BCUT2D eigenvalue weighted by Gasteiger charge is -2.22. The Kier molecular flexibility index (Phi) is 5.32. The van der Waals surface area contributed by atoms with Crippen molar-refractivity contribution in [1.82, 2.24) is 20.2 Å². The number of cyclic esters (lactones) is 1. The van der Waals surface area contributed by atoms with E-state index in [9.17, 15) is 9.90 Å². The average molecular weight is 410 g/mol. The van der Waals surface area contributed by atoms with Crippen LogP contribution in [-0.2, 0) is 4.74 Å². The van der Waals surface area contributed by atoms with Gasteiger partial charge in [0.15, 0.2) is 0 Å². The fourth-order valence-corrected chi connectivity index (χ4v) is 3.19. The lowest BCUT2D eigenvalue weighted by atomic mass is 10.1. The standard InChI is InChI=1S/C20H22N6O4/c1-11-6-4-5-7-14(11)18-25-24-17(30-18)12(2)22-19-21-9-8-16(23-19)26-15(13(3)27)10-29-20(26)28/h4-9,12-13,15,27H,10H2,1-3H3,(H,21,22,23)/t12-,13+,15?/m0/s1. The molecule has 10 nitrogen and oxygen atoms in total. The minimum absolute atomic E-state index is 0.101. The van der Waals surface area contributed by atoms with E-state index >= 15 is 0 Å². The maximum absolute atomic E-state index is 12.1. The molecule has 1 fully saturated rings. The minimum atomic E-state index is -0.764. The van der Waals surface area contributed by atoms with E-state index in [0.717, 1.165) is 11.1 Å². The van der Waals surface area contributed by atoms with E-state index in [0.29, 0.717) is 17.6 Å². The topological polar surface area (TPSA) is 127 Å². The zero-order chi connectivity index (χ0) is 21.3. The van der Waals surface area contributed by atoms with Crippen molar-refractivity contribution < 1.29 is 19.1 Å². The van der Waals surface area contributed by atoms with Crippen LogP contribution in [0.4, 0.5) is 16.6 Å². The number of aliphatic hydroxyl groups is 1. The number of hydrogen-bond donors (Lipinski definition) is 2. The third-order valence-corrected chi connectivity index (χ3v) is 4.88. The van der Waals surface area contributed by atoms with Gasteiger partial charge in [-0.15, -0.1) is 10.2 Å². The third-order valence-electron chi connectivity index (χ3n) is 4.88. The number of aliphatic hydroxyl groups excluding tert-OH is 1. The Morgan fingerprint density at radius 3 is 2.80 bits per heavy atom. The van der Waals surface area contributed by atoms with Crippen molar-refractivity contribution in [1.29, 1.82) is 0 Å². The Bertz CT molecular complexity index is 1050. The molecule has 0 spiro atoms. The number of rotatable bonds is 6. The number of amides is 1. The highest BCUT2D eigenvalue weighted by Crippen LogP contribution is 2.26. The second-order valence-corrected chi connectivity index (χ2v) is 7.12. The molecule has 1 unspecified atom stereocenters. The molecule has 1 amide bonds. The van der Waals surface area contributed by atoms with Gasteiger partial charge in [-0.3, -0.25) is 4.90 Å². The quantitative estimate of drug-likeness (QED) is 0.630. The Balaban J connectivity index is 1.52. The predicted octanol–water partition coefficient (Wildman–Crippen LogP) is 2.71. The number of ether oxygens (including phenoxy) is 1. The lowest BCUT2D eigenvalue weighted by molar-refractivity contribution is 0.142. The molecule has 2 N–H and O–H groups in total. The van der Waals surface area contributed by atoms with E-state index < -0.39 is 18.2 Å². The van der Waals surface area contributed by atoms with Gasteiger partial charge in [0.25, 0.3) is 0 Å². The number of nitrogens with one attached hydrogen (secondary N) is 1. The molecule has 1 aromatic carbocycles. The van der Waals surface area contributed by atoms with Crippen molar-refractivity contribution >= 4 is 17.9 Å². The van der Waals surface area contributed by atoms with Crippen molar-refractivity contribution in [3.63, 3.8) is 0 Å². The van der Waals surface area contributed by atoms with Gasteiger partial charge < -0.3 is 19.6 Å². The van der Waals surface area contributed by atoms with Gasteiger partial charge in [0, 0.05) is 11.8 Å². The molecule has 0 bridgehead atoms. The van der Waals surface area contributed by atoms with Gasteiger partial charge in [-0.2, -0.15) is 4.98 Å². The van der Waals surface area contributed by atoms with Crippen LogP contribution in [0.5, 0.6) is 0 Å². The smallest absolute Gasteiger partial charge is 0.416 e. The van der Waals surface area contributed by atoms with Crippen molar-refractivity contribution in [2.75, 3.05) is 16.8 Å². The fraction of sp³-hybridized carbons (Fsp3) is 0.350. The van der Waals surface area contributed by atoms with E-state index in [2.05, 4.69) is 25.5 Å². The first kappa shape index (κ1) is 19.8. The number of carbonyl (C=O) groups excluding carboxylic acids is 1. The van der Waals surface area contributed by atoms with Crippen LogP contribution in [-0.4, -0.2) is 50.1 Å². The lowest BCUT2D eigenvalue weighted by Crippen LogP contribution is -2.41. The van der Waals surface area contributed by atoms with E-state index in [4.69, 9.17) is 9.15 Å². The van der Waals surface area contributed by atoms with Gasteiger partial charge >= 0.3 is 6.09 Å². The summed E-state index contributed by atoms with van der Waals surface area (Å²) in [5, 5.41) is 21.3. The SMILES string of the molecule is Cc1ccccc1-c1nnc([C@H](C)Nc2nccc(N3C(=O)OCC3[C@@H](C)O)n2)o1. The van der Waals surface area contributed by atoms with Gasteiger partial charge in [-0.1, -0.05) is 18.2 Å². The van der Waals surface area contributed by atoms with Crippen molar-refractivity contribution in [3.8, 4) is 11.5 Å². The molecule has 1 aliphatic rings. The summed E-state index contributed by atoms with van der Waals surface area (Å²) in [6, 6.07) is 8.46. The Labute approximate surface area is 172 Å². The van der Waals surface area contributed by atoms with Gasteiger partial charge in [0.1, 0.15) is 24.5 Å². The first-order valence-corrected chi connectivity index (χ1v) is 9.57. The van der Waals surface area contributed by atoms with Gasteiger partial charge in [0.05, 0.1) is 6.10 Å². The van der Waals surface area contributed by atoms with Gasteiger partial charge in [-0.25, -0.2) is 9.78 Å². The second kappa shape index (κ2) is 8.07. The normalized spacial score (nSPS) is 18.2. The highest BCUT2D eigenvalue weighted by molar-refractivity contribution is 5.89. The van der Waals surface area contributed by atoms with E-state index in [-0.39, 0.29) is 18.6 Å². The van der Waals surface area contributed by atoms with Crippen LogP contribution < -0.4 is 10.2 Å². The van der Waals surface area contributed by atoms with Crippen LogP contribution in [0.2, 0.25) is 0 Å². The number of carbonyl (C=O) groups is 1. The van der Waals surface area contributed by atoms with Crippen LogP contribution in [0.3, 0.4) is 0 Å². The number of anilines is 2. The number of hydrogen-bond acceptors (Lipinski definition) is 9. The van der Waals surface area contributed by atoms with E-state index in [1.165, 1.54) is 11.1 Å². The van der Waals surface area contributed by atoms with E-state index in [1.807, 2.05) is 38.1 Å². The molecule has 4 rings (SSSR count). The summed E-state index contributed by atoms with van der Waals surface area (Å²) in [6.45, 7) is 5.52. The molecule has 0 saturated carbocycles. The van der Waals surface area contributed by atoms with Gasteiger partial charge in [0.2, 0.25) is 17.7 Å². The van der Waals surface area contributed by atoms with Crippen LogP contribution in [0.1, 0.15) is 31.3 Å². The molecular formula is C20H22N6O4. The monoisotopic (exact) mass is 410 g/mol. The second-order valence-electron chi connectivity index (χ2n) is 7.12. The van der Waals surface area contributed by atoms with Crippen molar-refractivity contribution in [2.45, 2.75) is 39.0 Å². The van der Waals surface area contributed by atoms with Crippen LogP contribution >= 0.6 is 0 Å². The molecule has 1 saturated heterocycles. The summed E-state index contributed by atoms with van der Waals surface area (Å²) in [5.74, 6) is 1.43. The zero-order valence-electron chi connectivity index (χ0n) is 16.8. The van der Waals surface area contributed by atoms with Crippen molar-refractivity contribution in [2.24, 2.45) is 0 Å². The first-order valence-electron chi connectivity index (χ1n) is 9.57. The molecule has 10 heteroatoms. The van der Waals surface area contributed by atoms with Crippen LogP contribution in [0.25, 0.3) is 11.5 Å². The molecule has 3 heterocycles. The summed E-state index contributed by atoms with van der Waals surface area (Å²) >= 11 is 0. The minimum Gasteiger partial charge on any atom is -0.447 e. The largest absolute Gasteiger partial charge is 0.447 e. The molecule has 1 aliphatic heterocycles. The summed E-state index contributed by atoms with van der Waals surface area (Å²) in [6.07, 6.45) is 0.202. The summed E-state index contributed by atoms with van der Waals surface area (Å²) in [4.78, 5) is 22.0. The number of aryl methyl sites for hydroxylation is 1. The average Bonchev–Trinajstić information content (AvgIpc) is 3.36. The maximum atomic E-state index is 12.1. The Morgan fingerprint density at radius 1 is 1.23 bits per heavy atom. The highest BCUT2D eigenvalue weighted by atomic mass is 16.6. The number of aromatic nitrogens is 4. The molecule has 156 valence electrons. The van der Waals surface area contributed by atoms with Crippen molar-refractivity contribution in [3.05, 3.63) is 48.0 Å². The Morgan fingerprint density at radius 2 is 2.03 bits per heavy atom. The molecule has 30 heavy (non-hydrogen) atoms. The fourth-order valence-electron chi connectivity index (χ4n) is 3.19.